The Morgan fingerprint density at radius 2 is 1.96 bits per heavy atom. The quantitative estimate of drug-likeness (QED) is 0.898. The third kappa shape index (κ3) is 3.25. The summed E-state index contributed by atoms with van der Waals surface area (Å²) in [6, 6.07) is -0.364. The van der Waals surface area contributed by atoms with E-state index >= 15 is 0 Å². The highest BCUT2D eigenvalue weighted by Gasteiger charge is 2.36. The number of piperidine rings is 2. The highest BCUT2D eigenvalue weighted by molar-refractivity contribution is 5.86. The van der Waals surface area contributed by atoms with Crippen LogP contribution < -0.4 is 0 Å². The minimum Gasteiger partial charge on any atom is -0.453 e. The largest absolute Gasteiger partial charge is 0.453 e. The molecule has 0 aliphatic carbocycles. The van der Waals surface area contributed by atoms with E-state index in [1.165, 1.54) is 18.4 Å². The summed E-state index contributed by atoms with van der Waals surface area (Å²) >= 11 is 0. The van der Waals surface area contributed by atoms with Crippen LogP contribution in [0, 0.1) is 6.92 Å². The molecule has 0 aromatic carbocycles. The van der Waals surface area contributed by atoms with Crippen LogP contribution >= 0.6 is 0 Å². The lowest BCUT2D eigenvalue weighted by Crippen LogP contribution is -2.54. The van der Waals surface area contributed by atoms with Crippen molar-refractivity contribution in [3.63, 3.8) is 0 Å². The van der Waals surface area contributed by atoms with Gasteiger partial charge in [-0.15, -0.1) is 0 Å². The Morgan fingerprint density at radius 1 is 1.21 bits per heavy atom. The number of carbonyl (C=O) groups is 2. The molecule has 1 aromatic rings. The molecule has 0 radical (unpaired) electrons. The summed E-state index contributed by atoms with van der Waals surface area (Å²) in [5.41, 5.74) is 2.37. The Kier molecular flexibility index (Phi) is 5.06. The number of ether oxygens (including phenoxy) is 1. The molecule has 0 bridgehead atoms. The highest BCUT2D eigenvalue weighted by atomic mass is 16.5. The van der Waals surface area contributed by atoms with Crippen molar-refractivity contribution in [2.24, 2.45) is 0 Å². The number of likely N-dealkylation sites (tertiary alicyclic amines) is 2. The number of nitrogens with zero attached hydrogens (tertiary/aromatic N) is 3. The fourth-order valence-corrected chi connectivity index (χ4v) is 3.89. The van der Waals surface area contributed by atoms with E-state index in [9.17, 15) is 9.59 Å². The predicted molar refractivity (Wildman–Crippen MR) is 88.6 cm³/mol. The van der Waals surface area contributed by atoms with Crippen molar-refractivity contribution in [3.8, 4) is 0 Å². The number of methoxy groups -OCH3 is 1. The number of aromatic amines is 1. The van der Waals surface area contributed by atoms with E-state index in [-0.39, 0.29) is 11.9 Å². The summed E-state index contributed by atoms with van der Waals surface area (Å²) in [5.74, 6) is 0.500. The van der Waals surface area contributed by atoms with Gasteiger partial charge in [-0.2, -0.15) is 5.10 Å². The highest BCUT2D eigenvalue weighted by Crippen LogP contribution is 2.30. The number of rotatable bonds is 2. The first-order valence-corrected chi connectivity index (χ1v) is 8.75. The van der Waals surface area contributed by atoms with E-state index in [2.05, 4.69) is 17.1 Å². The monoisotopic (exact) mass is 334 g/mol. The van der Waals surface area contributed by atoms with Crippen LogP contribution in [0.1, 0.15) is 49.3 Å². The van der Waals surface area contributed by atoms with Crippen LogP contribution in [0.3, 0.4) is 0 Å². The molecule has 2 fully saturated rings. The van der Waals surface area contributed by atoms with Crippen LogP contribution in [0.15, 0.2) is 6.20 Å². The maximum atomic E-state index is 12.9. The number of amides is 2. The molecule has 2 aliphatic rings. The van der Waals surface area contributed by atoms with E-state index in [0.717, 1.165) is 45.2 Å². The standard InChI is InChI=1S/C17H26N4O3/c1-12-11-18-19-15(12)13-6-9-20(10-7-13)16(22)14-5-3-4-8-21(14)17(23)24-2/h11,13-14H,3-10H2,1-2H3,(H,18,19)/t14-/m0/s1. The van der Waals surface area contributed by atoms with Crippen LogP contribution in [-0.4, -0.2) is 64.8 Å². The Morgan fingerprint density at radius 3 is 2.58 bits per heavy atom. The molecule has 0 unspecified atom stereocenters. The summed E-state index contributed by atoms with van der Waals surface area (Å²) in [7, 11) is 1.37. The fraction of sp³-hybridized carbons (Fsp3) is 0.706. The number of hydrogen-bond acceptors (Lipinski definition) is 4. The average Bonchev–Trinajstić information content (AvgIpc) is 3.06. The number of carbonyl (C=O) groups excluding carboxylic acids is 2. The van der Waals surface area contributed by atoms with E-state index in [1.54, 1.807) is 4.90 Å². The molecule has 1 atom stereocenters. The maximum Gasteiger partial charge on any atom is 0.410 e. The van der Waals surface area contributed by atoms with Gasteiger partial charge in [0.25, 0.3) is 0 Å². The van der Waals surface area contributed by atoms with Crippen molar-refractivity contribution < 1.29 is 14.3 Å². The van der Waals surface area contributed by atoms with Gasteiger partial charge >= 0.3 is 6.09 Å². The Balaban J connectivity index is 1.62. The lowest BCUT2D eigenvalue weighted by molar-refractivity contribution is -0.138. The molecule has 1 aromatic heterocycles. The van der Waals surface area contributed by atoms with Crippen LogP contribution in [0.5, 0.6) is 0 Å². The first kappa shape index (κ1) is 16.8. The SMILES string of the molecule is COC(=O)N1CCCC[C@H]1C(=O)N1CCC(c2[nH]ncc2C)CC1. The minimum absolute atomic E-state index is 0.0693. The second-order valence-electron chi connectivity index (χ2n) is 6.74. The zero-order chi connectivity index (χ0) is 17.1. The molecule has 3 rings (SSSR count). The summed E-state index contributed by atoms with van der Waals surface area (Å²) < 4.78 is 4.84. The molecule has 2 amide bonds. The lowest BCUT2D eigenvalue weighted by Gasteiger charge is -2.39. The van der Waals surface area contributed by atoms with Gasteiger partial charge in [0, 0.05) is 31.2 Å². The van der Waals surface area contributed by atoms with Gasteiger partial charge in [-0.05, 0) is 44.6 Å². The van der Waals surface area contributed by atoms with Gasteiger partial charge in [0.2, 0.25) is 5.91 Å². The molecule has 3 heterocycles. The molecular weight excluding hydrogens is 308 g/mol. The van der Waals surface area contributed by atoms with Gasteiger partial charge < -0.3 is 9.64 Å². The van der Waals surface area contributed by atoms with Crippen molar-refractivity contribution in [1.29, 1.82) is 0 Å². The Hall–Kier alpha value is -2.05. The van der Waals surface area contributed by atoms with Crippen LogP contribution in [-0.2, 0) is 9.53 Å². The zero-order valence-corrected chi connectivity index (χ0v) is 14.5. The van der Waals surface area contributed by atoms with Gasteiger partial charge in [-0.25, -0.2) is 4.79 Å². The molecule has 0 spiro atoms. The maximum absolute atomic E-state index is 12.9. The smallest absolute Gasteiger partial charge is 0.410 e. The van der Waals surface area contributed by atoms with Crippen molar-refractivity contribution in [2.75, 3.05) is 26.7 Å². The first-order valence-electron chi connectivity index (χ1n) is 8.75. The number of nitrogens with one attached hydrogen (secondary N) is 1. The van der Waals surface area contributed by atoms with Crippen molar-refractivity contribution in [3.05, 3.63) is 17.5 Å². The molecule has 7 heteroatoms. The van der Waals surface area contributed by atoms with Crippen LogP contribution in [0.25, 0.3) is 0 Å². The van der Waals surface area contributed by atoms with Gasteiger partial charge in [-0.1, -0.05) is 0 Å². The molecule has 2 aliphatic heterocycles. The predicted octanol–water partition coefficient (Wildman–Crippen LogP) is 2.05. The molecule has 0 saturated carbocycles. The summed E-state index contributed by atoms with van der Waals surface area (Å²) in [5, 5.41) is 7.19. The first-order chi connectivity index (χ1) is 11.6. The van der Waals surface area contributed by atoms with Gasteiger partial charge in [0.1, 0.15) is 6.04 Å². The van der Waals surface area contributed by atoms with Crippen molar-refractivity contribution in [1.82, 2.24) is 20.0 Å². The average molecular weight is 334 g/mol. The van der Waals surface area contributed by atoms with Gasteiger partial charge in [0.05, 0.1) is 13.3 Å². The van der Waals surface area contributed by atoms with Crippen LogP contribution in [0.4, 0.5) is 4.79 Å². The van der Waals surface area contributed by atoms with Crippen molar-refractivity contribution >= 4 is 12.0 Å². The number of aryl methyl sites for hydroxylation is 1. The van der Waals surface area contributed by atoms with E-state index in [4.69, 9.17) is 4.74 Å². The molecule has 7 nitrogen and oxygen atoms in total. The van der Waals surface area contributed by atoms with E-state index < -0.39 is 6.09 Å². The third-order valence-corrected chi connectivity index (χ3v) is 5.28. The molecule has 1 N–H and O–H groups in total. The molecular formula is C17H26N4O3. The van der Waals surface area contributed by atoms with E-state index in [1.807, 2.05) is 11.1 Å². The van der Waals surface area contributed by atoms with Gasteiger partial charge in [0.15, 0.2) is 0 Å². The molecule has 24 heavy (non-hydrogen) atoms. The normalized spacial score (nSPS) is 22.5. The molecule has 2 saturated heterocycles. The number of H-pyrrole nitrogens is 1. The summed E-state index contributed by atoms with van der Waals surface area (Å²) in [4.78, 5) is 28.3. The van der Waals surface area contributed by atoms with Crippen LogP contribution in [0.2, 0.25) is 0 Å². The second kappa shape index (κ2) is 7.23. The summed E-state index contributed by atoms with van der Waals surface area (Å²) in [6.07, 6.45) is 5.96. The third-order valence-electron chi connectivity index (χ3n) is 5.28. The second-order valence-corrected chi connectivity index (χ2v) is 6.74. The van der Waals surface area contributed by atoms with E-state index in [0.29, 0.717) is 12.5 Å². The fourth-order valence-electron chi connectivity index (χ4n) is 3.89. The number of hydrogen-bond donors (Lipinski definition) is 1. The minimum atomic E-state index is -0.393. The Labute approximate surface area is 142 Å². The van der Waals surface area contributed by atoms with Crippen molar-refractivity contribution in [2.45, 2.75) is 51.0 Å². The number of aromatic nitrogens is 2. The Bertz CT molecular complexity index is 592. The van der Waals surface area contributed by atoms with Gasteiger partial charge in [-0.3, -0.25) is 14.8 Å². The molecule has 132 valence electrons. The lowest BCUT2D eigenvalue weighted by atomic mass is 9.91. The summed E-state index contributed by atoms with van der Waals surface area (Å²) in [6.45, 7) is 4.13. The zero-order valence-electron chi connectivity index (χ0n) is 14.5. The topological polar surface area (TPSA) is 78.5 Å².